The van der Waals surface area contributed by atoms with Crippen molar-refractivity contribution in [1.82, 2.24) is 4.72 Å². The normalized spacial score (nSPS) is 11.2. The van der Waals surface area contributed by atoms with Gasteiger partial charge in [0.1, 0.15) is 4.21 Å². The molecule has 1 rings (SSSR count). The van der Waals surface area contributed by atoms with Crippen molar-refractivity contribution in [3.05, 3.63) is 29.7 Å². The Morgan fingerprint density at radius 2 is 2.25 bits per heavy atom. The van der Waals surface area contributed by atoms with E-state index in [1.165, 1.54) is 18.2 Å². The average Bonchev–Trinajstić information content (AvgIpc) is 2.63. The zero-order valence-corrected chi connectivity index (χ0v) is 9.97. The maximum absolute atomic E-state index is 11.6. The van der Waals surface area contributed by atoms with Crippen molar-refractivity contribution in [2.75, 3.05) is 6.54 Å². The van der Waals surface area contributed by atoms with E-state index in [-0.39, 0.29) is 17.2 Å². The highest BCUT2D eigenvalue weighted by molar-refractivity contribution is 7.91. The van der Waals surface area contributed by atoms with Crippen molar-refractivity contribution in [2.45, 2.75) is 10.6 Å². The van der Waals surface area contributed by atoms with Crippen molar-refractivity contribution >= 4 is 27.3 Å². The lowest BCUT2D eigenvalue weighted by atomic mass is 10.3. The van der Waals surface area contributed by atoms with Gasteiger partial charge in [0.25, 0.3) is 0 Å². The molecule has 0 saturated carbocycles. The van der Waals surface area contributed by atoms with Crippen LogP contribution in [0.5, 0.6) is 0 Å². The molecular weight excluding hydrogens is 250 g/mol. The minimum atomic E-state index is -3.53. The first-order valence-corrected chi connectivity index (χ1v) is 6.67. The standard InChI is InChI=1S/C9H11NO4S2/c1-2-5-10-16(13,14)9-4-3-7(15-9)6-8(11)12/h2-4,10H,1,5-6H2,(H,11,12). The van der Waals surface area contributed by atoms with Gasteiger partial charge in [0.05, 0.1) is 6.42 Å². The van der Waals surface area contributed by atoms with Crippen LogP contribution in [0.4, 0.5) is 0 Å². The molecule has 1 heterocycles. The van der Waals surface area contributed by atoms with Crippen molar-refractivity contribution in [2.24, 2.45) is 0 Å². The SMILES string of the molecule is C=CCNS(=O)(=O)c1ccc(CC(=O)O)s1. The smallest absolute Gasteiger partial charge is 0.308 e. The van der Waals surface area contributed by atoms with Gasteiger partial charge in [0, 0.05) is 11.4 Å². The van der Waals surface area contributed by atoms with E-state index in [1.54, 1.807) is 0 Å². The van der Waals surface area contributed by atoms with E-state index in [4.69, 9.17) is 5.11 Å². The summed E-state index contributed by atoms with van der Waals surface area (Å²) in [5.41, 5.74) is 0. The fourth-order valence-electron chi connectivity index (χ4n) is 0.986. The van der Waals surface area contributed by atoms with Crippen LogP contribution >= 0.6 is 11.3 Å². The third kappa shape index (κ3) is 3.44. The summed E-state index contributed by atoms with van der Waals surface area (Å²) in [5.74, 6) is -0.982. The third-order valence-electron chi connectivity index (χ3n) is 1.65. The number of carboxylic acids is 1. The van der Waals surface area contributed by atoms with Crippen LogP contribution in [0.25, 0.3) is 0 Å². The Hall–Kier alpha value is -1.18. The molecule has 0 unspecified atom stereocenters. The monoisotopic (exact) mass is 261 g/mol. The zero-order valence-electron chi connectivity index (χ0n) is 8.34. The summed E-state index contributed by atoms with van der Waals surface area (Å²) in [5, 5.41) is 8.55. The molecule has 16 heavy (non-hydrogen) atoms. The molecule has 0 radical (unpaired) electrons. The van der Waals surface area contributed by atoms with E-state index in [0.29, 0.717) is 4.88 Å². The predicted molar refractivity (Wildman–Crippen MR) is 61.0 cm³/mol. The van der Waals surface area contributed by atoms with Gasteiger partial charge in [-0.25, -0.2) is 13.1 Å². The first kappa shape index (κ1) is 12.9. The van der Waals surface area contributed by atoms with Gasteiger partial charge in [0.15, 0.2) is 0 Å². The Labute approximate surface area is 97.5 Å². The molecule has 0 aliphatic heterocycles. The van der Waals surface area contributed by atoms with Gasteiger partial charge in [0.2, 0.25) is 10.0 Å². The average molecular weight is 261 g/mol. The Balaban J connectivity index is 2.84. The molecule has 0 saturated heterocycles. The molecule has 1 aromatic heterocycles. The van der Waals surface area contributed by atoms with E-state index < -0.39 is 16.0 Å². The zero-order chi connectivity index (χ0) is 12.2. The highest BCUT2D eigenvalue weighted by atomic mass is 32.2. The van der Waals surface area contributed by atoms with Gasteiger partial charge in [-0.05, 0) is 12.1 Å². The Morgan fingerprint density at radius 1 is 1.56 bits per heavy atom. The fraction of sp³-hybridized carbons (Fsp3) is 0.222. The van der Waals surface area contributed by atoms with Gasteiger partial charge < -0.3 is 5.11 Å². The van der Waals surface area contributed by atoms with Crippen molar-refractivity contribution in [3.8, 4) is 0 Å². The lowest BCUT2D eigenvalue weighted by Gasteiger charge is -2.00. The molecule has 0 aliphatic carbocycles. The molecule has 0 fully saturated rings. The number of hydrogen-bond donors (Lipinski definition) is 2. The quantitative estimate of drug-likeness (QED) is 0.743. The Morgan fingerprint density at radius 3 is 2.81 bits per heavy atom. The molecule has 2 N–H and O–H groups in total. The summed E-state index contributed by atoms with van der Waals surface area (Å²) >= 11 is 0.953. The van der Waals surface area contributed by atoms with E-state index >= 15 is 0 Å². The second kappa shape index (κ2) is 5.24. The molecule has 5 nitrogen and oxygen atoms in total. The lowest BCUT2D eigenvalue weighted by molar-refractivity contribution is -0.136. The molecule has 88 valence electrons. The van der Waals surface area contributed by atoms with E-state index in [1.807, 2.05) is 0 Å². The van der Waals surface area contributed by atoms with Gasteiger partial charge in [-0.1, -0.05) is 6.08 Å². The predicted octanol–water partition coefficient (Wildman–Crippen LogP) is 0.840. The summed E-state index contributed by atoms with van der Waals surface area (Å²) in [6, 6.07) is 2.90. The summed E-state index contributed by atoms with van der Waals surface area (Å²) in [7, 11) is -3.53. The van der Waals surface area contributed by atoms with Crippen LogP contribution < -0.4 is 4.72 Å². The van der Waals surface area contributed by atoms with Crippen molar-refractivity contribution < 1.29 is 18.3 Å². The maximum Gasteiger partial charge on any atom is 0.308 e. The molecule has 0 amide bonds. The summed E-state index contributed by atoms with van der Waals surface area (Å²) in [6.45, 7) is 3.55. The van der Waals surface area contributed by atoms with Crippen molar-refractivity contribution in [3.63, 3.8) is 0 Å². The van der Waals surface area contributed by atoms with Crippen LogP contribution in [0.15, 0.2) is 29.0 Å². The van der Waals surface area contributed by atoms with Crippen LogP contribution in [-0.4, -0.2) is 26.0 Å². The number of nitrogens with one attached hydrogen (secondary N) is 1. The molecule has 1 aromatic rings. The summed E-state index contributed by atoms with van der Waals surface area (Å²) < 4.78 is 25.6. The Kier molecular flexibility index (Phi) is 4.22. The van der Waals surface area contributed by atoms with E-state index in [0.717, 1.165) is 11.3 Å². The molecule has 0 atom stereocenters. The number of thiophene rings is 1. The minimum Gasteiger partial charge on any atom is -0.481 e. The van der Waals surface area contributed by atoms with E-state index in [2.05, 4.69) is 11.3 Å². The topological polar surface area (TPSA) is 83.5 Å². The van der Waals surface area contributed by atoms with Crippen LogP contribution in [0.1, 0.15) is 4.88 Å². The number of hydrogen-bond acceptors (Lipinski definition) is 4. The molecule has 7 heteroatoms. The number of carboxylic acid groups (broad SMARTS) is 1. The third-order valence-corrected chi connectivity index (χ3v) is 4.65. The molecule has 0 aliphatic rings. The second-order valence-electron chi connectivity index (χ2n) is 2.93. The number of rotatable bonds is 6. The number of aliphatic carboxylic acids is 1. The number of sulfonamides is 1. The van der Waals surface area contributed by atoms with E-state index in [9.17, 15) is 13.2 Å². The summed E-state index contributed by atoms with van der Waals surface area (Å²) in [4.78, 5) is 10.9. The van der Waals surface area contributed by atoms with Gasteiger partial charge in [-0.15, -0.1) is 17.9 Å². The van der Waals surface area contributed by atoms with Crippen LogP contribution in [-0.2, 0) is 21.2 Å². The molecule has 0 spiro atoms. The molecular formula is C9H11NO4S2. The molecule has 0 bridgehead atoms. The first-order chi connectivity index (χ1) is 7.45. The minimum absolute atomic E-state index is 0.116. The Bertz CT molecular complexity index is 489. The van der Waals surface area contributed by atoms with Crippen LogP contribution in [0, 0.1) is 0 Å². The highest BCUT2D eigenvalue weighted by Crippen LogP contribution is 2.21. The van der Waals surface area contributed by atoms with Crippen LogP contribution in [0.3, 0.4) is 0 Å². The van der Waals surface area contributed by atoms with Gasteiger partial charge in [-0.2, -0.15) is 0 Å². The highest BCUT2D eigenvalue weighted by Gasteiger charge is 2.16. The van der Waals surface area contributed by atoms with Gasteiger partial charge in [-0.3, -0.25) is 4.79 Å². The van der Waals surface area contributed by atoms with Crippen LogP contribution in [0.2, 0.25) is 0 Å². The molecule has 0 aromatic carbocycles. The maximum atomic E-state index is 11.6. The first-order valence-electron chi connectivity index (χ1n) is 4.37. The second-order valence-corrected chi connectivity index (χ2v) is 6.09. The lowest BCUT2D eigenvalue weighted by Crippen LogP contribution is -2.22. The fourth-order valence-corrected chi connectivity index (χ4v) is 3.38. The largest absolute Gasteiger partial charge is 0.481 e. The summed E-state index contributed by atoms with van der Waals surface area (Å²) in [6.07, 6.45) is 1.27. The van der Waals surface area contributed by atoms with Gasteiger partial charge >= 0.3 is 5.97 Å². The number of carbonyl (C=O) groups is 1. The van der Waals surface area contributed by atoms with Crippen molar-refractivity contribution in [1.29, 1.82) is 0 Å².